The molecule has 0 amide bonds. The summed E-state index contributed by atoms with van der Waals surface area (Å²) in [5.74, 6) is 0.879. The van der Waals surface area contributed by atoms with E-state index in [1.807, 2.05) is 12.2 Å². The van der Waals surface area contributed by atoms with Crippen LogP contribution in [0.15, 0.2) is 119 Å². The normalized spacial score (nSPS) is 27.9. The molecule has 0 spiro atoms. The van der Waals surface area contributed by atoms with Gasteiger partial charge in [-0.25, -0.2) is 0 Å². The molecule has 0 heterocycles. The van der Waals surface area contributed by atoms with Crippen molar-refractivity contribution in [2.24, 2.45) is 22.7 Å². The minimum absolute atomic E-state index is 0.0600. The summed E-state index contributed by atoms with van der Waals surface area (Å²) in [5, 5.41) is 20.2. The van der Waals surface area contributed by atoms with Gasteiger partial charge >= 0.3 is 0 Å². The molecule has 2 nitrogen and oxygen atoms in total. The van der Waals surface area contributed by atoms with Crippen molar-refractivity contribution in [2.45, 2.75) is 107 Å². The van der Waals surface area contributed by atoms with E-state index in [1.54, 1.807) is 0 Å². The summed E-state index contributed by atoms with van der Waals surface area (Å²) in [7, 11) is 0. The second kappa shape index (κ2) is 16.2. The first-order chi connectivity index (χ1) is 19.6. The summed E-state index contributed by atoms with van der Waals surface area (Å²) in [4.78, 5) is 0. The highest BCUT2D eigenvalue weighted by atomic mass is 16.3. The van der Waals surface area contributed by atoms with Crippen LogP contribution in [-0.2, 0) is 0 Å². The van der Waals surface area contributed by atoms with Crippen LogP contribution >= 0.6 is 0 Å². The first-order valence-corrected chi connectivity index (χ1v) is 15.7. The van der Waals surface area contributed by atoms with E-state index in [-0.39, 0.29) is 23.0 Å². The standard InChI is InChI=1S/C40H58O2/c1-29(17-13-19-31(3)21-23-37-33(5)25-35(41)27-39(37,7)8)15-11-12-16-30(2)18-14-20-32(4)22-24-38-34(6)26-36(42)28-40(38,9)10/h11-21,23,25-26,35-38,41-42H,22,24,27-28H2,1-10H3/b12-11+,17-13+,18-14+,23-21+,29-15+,30-16+,31-19+,32-20+/t35-,36-,37?,38-/m0/s1. The van der Waals surface area contributed by atoms with Crippen molar-refractivity contribution >= 4 is 0 Å². The van der Waals surface area contributed by atoms with Crippen LogP contribution in [0.25, 0.3) is 0 Å². The van der Waals surface area contributed by atoms with E-state index in [0.717, 1.165) is 25.7 Å². The third kappa shape index (κ3) is 11.9. The highest BCUT2D eigenvalue weighted by molar-refractivity contribution is 5.32. The number of hydrogen-bond acceptors (Lipinski definition) is 2. The fourth-order valence-corrected chi connectivity index (χ4v) is 6.56. The largest absolute Gasteiger partial charge is 0.389 e. The first-order valence-electron chi connectivity index (χ1n) is 15.7. The SMILES string of the molecule is CC1=C[C@H](O)CC(C)(C)C1/C=C/C(C)=C/C=C/C(C)=C/C=C/C=C(C)/C=C/C=C(\C)CC[C@H]1C(C)=C[C@H](O)CC1(C)C. The second-order valence-corrected chi connectivity index (χ2v) is 14.1. The third-order valence-corrected chi connectivity index (χ3v) is 8.87. The minimum atomic E-state index is -0.329. The Labute approximate surface area is 258 Å². The van der Waals surface area contributed by atoms with Gasteiger partial charge in [-0.2, -0.15) is 0 Å². The Balaban J connectivity index is 1.84. The maximum atomic E-state index is 10.1. The molecule has 42 heavy (non-hydrogen) atoms. The highest BCUT2D eigenvalue weighted by Crippen LogP contribution is 2.44. The molecule has 0 saturated carbocycles. The van der Waals surface area contributed by atoms with Crippen LogP contribution < -0.4 is 0 Å². The summed E-state index contributed by atoms with van der Waals surface area (Å²) in [5.41, 5.74) is 7.80. The predicted octanol–water partition coefficient (Wildman–Crippen LogP) is 10.5. The molecule has 2 aliphatic carbocycles. The van der Waals surface area contributed by atoms with Gasteiger partial charge in [0.15, 0.2) is 0 Å². The van der Waals surface area contributed by atoms with Crippen LogP contribution in [-0.4, -0.2) is 22.4 Å². The van der Waals surface area contributed by atoms with Crippen molar-refractivity contribution in [1.82, 2.24) is 0 Å². The van der Waals surface area contributed by atoms with Crippen LogP contribution in [0, 0.1) is 22.7 Å². The lowest BCUT2D eigenvalue weighted by molar-refractivity contribution is 0.0983. The Bertz CT molecular complexity index is 1220. The van der Waals surface area contributed by atoms with Crippen molar-refractivity contribution in [3.8, 4) is 0 Å². The number of allylic oxidation sites excluding steroid dienone is 18. The van der Waals surface area contributed by atoms with Gasteiger partial charge < -0.3 is 10.2 Å². The van der Waals surface area contributed by atoms with Crippen LogP contribution in [0.5, 0.6) is 0 Å². The number of hydrogen-bond donors (Lipinski definition) is 2. The van der Waals surface area contributed by atoms with E-state index in [2.05, 4.69) is 142 Å². The van der Waals surface area contributed by atoms with Crippen molar-refractivity contribution in [3.05, 3.63) is 119 Å². The summed E-state index contributed by atoms with van der Waals surface area (Å²) in [6, 6.07) is 0. The molecule has 0 aromatic rings. The van der Waals surface area contributed by atoms with Gasteiger partial charge in [0.05, 0.1) is 12.2 Å². The molecule has 2 rings (SSSR count). The Morgan fingerprint density at radius 3 is 1.71 bits per heavy atom. The minimum Gasteiger partial charge on any atom is -0.389 e. The van der Waals surface area contributed by atoms with Crippen LogP contribution in [0.3, 0.4) is 0 Å². The average Bonchev–Trinajstić information content (AvgIpc) is 2.84. The van der Waals surface area contributed by atoms with E-state index in [1.165, 1.54) is 33.4 Å². The zero-order valence-corrected chi connectivity index (χ0v) is 28.1. The zero-order chi connectivity index (χ0) is 31.5. The molecule has 0 fully saturated rings. The maximum absolute atomic E-state index is 10.1. The Kier molecular flexibility index (Phi) is 13.7. The molecule has 0 radical (unpaired) electrons. The lowest BCUT2D eigenvalue weighted by Crippen LogP contribution is -2.33. The van der Waals surface area contributed by atoms with Gasteiger partial charge in [-0.05, 0) is 84.0 Å². The maximum Gasteiger partial charge on any atom is 0.0729 e. The third-order valence-electron chi connectivity index (χ3n) is 8.87. The molecule has 2 heteroatoms. The Morgan fingerprint density at radius 1 is 0.690 bits per heavy atom. The van der Waals surface area contributed by atoms with Gasteiger partial charge in [0.1, 0.15) is 0 Å². The van der Waals surface area contributed by atoms with Gasteiger partial charge in [-0.1, -0.05) is 146 Å². The van der Waals surface area contributed by atoms with E-state index in [0.29, 0.717) is 11.8 Å². The highest BCUT2D eigenvalue weighted by Gasteiger charge is 2.36. The number of aliphatic hydroxyl groups is 2. The van der Waals surface area contributed by atoms with Crippen molar-refractivity contribution < 1.29 is 10.2 Å². The summed E-state index contributed by atoms with van der Waals surface area (Å²) in [6.07, 6.45) is 33.1. The molecule has 0 bridgehead atoms. The molecule has 0 aromatic heterocycles. The fraction of sp³-hybridized carbons (Fsp3) is 0.500. The summed E-state index contributed by atoms with van der Waals surface area (Å²) >= 11 is 0. The van der Waals surface area contributed by atoms with E-state index >= 15 is 0 Å². The van der Waals surface area contributed by atoms with Gasteiger partial charge in [0.2, 0.25) is 0 Å². The lowest BCUT2D eigenvalue weighted by Gasteiger charge is -2.40. The molecule has 0 aromatic carbocycles. The van der Waals surface area contributed by atoms with Gasteiger partial charge in [0.25, 0.3) is 0 Å². The molecule has 0 aliphatic heterocycles. The summed E-state index contributed by atoms with van der Waals surface area (Å²) < 4.78 is 0. The Hall–Kier alpha value is -2.68. The van der Waals surface area contributed by atoms with Gasteiger partial charge in [-0.15, -0.1) is 0 Å². The van der Waals surface area contributed by atoms with Crippen LogP contribution in [0.1, 0.15) is 94.9 Å². The average molecular weight is 571 g/mol. The monoisotopic (exact) mass is 570 g/mol. The molecule has 1 unspecified atom stereocenters. The van der Waals surface area contributed by atoms with Crippen molar-refractivity contribution in [2.75, 3.05) is 0 Å². The molecule has 0 saturated heterocycles. The quantitative estimate of drug-likeness (QED) is 0.192. The topological polar surface area (TPSA) is 40.5 Å². The first kappa shape index (κ1) is 35.5. The molecular formula is C40H58O2. The van der Waals surface area contributed by atoms with Crippen LogP contribution in [0.4, 0.5) is 0 Å². The Morgan fingerprint density at radius 2 is 1.17 bits per heavy atom. The second-order valence-electron chi connectivity index (χ2n) is 14.1. The lowest BCUT2D eigenvalue weighted by atomic mass is 9.66. The van der Waals surface area contributed by atoms with E-state index < -0.39 is 0 Å². The predicted molar refractivity (Wildman–Crippen MR) is 184 cm³/mol. The zero-order valence-electron chi connectivity index (χ0n) is 28.1. The fourth-order valence-electron chi connectivity index (χ4n) is 6.56. The molecule has 2 aliphatic rings. The van der Waals surface area contributed by atoms with Gasteiger partial charge in [0, 0.05) is 5.92 Å². The molecule has 4 atom stereocenters. The molecular weight excluding hydrogens is 512 g/mol. The molecule has 230 valence electrons. The van der Waals surface area contributed by atoms with Gasteiger partial charge in [-0.3, -0.25) is 0 Å². The van der Waals surface area contributed by atoms with Crippen LogP contribution in [0.2, 0.25) is 0 Å². The smallest absolute Gasteiger partial charge is 0.0729 e. The van der Waals surface area contributed by atoms with Crippen molar-refractivity contribution in [1.29, 1.82) is 0 Å². The number of aliphatic hydroxyl groups excluding tert-OH is 2. The van der Waals surface area contributed by atoms with E-state index in [9.17, 15) is 10.2 Å². The number of rotatable bonds is 11. The molecule has 2 N–H and O–H groups in total. The van der Waals surface area contributed by atoms with E-state index in [4.69, 9.17) is 0 Å². The van der Waals surface area contributed by atoms with Crippen molar-refractivity contribution in [3.63, 3.8) is 0 Å². The summed E-state index contributed by atoms with van der Waals surface area (Å²) in [6.45, 7) is 21.9.